The van der Waals surface area contributed by atoms with Crippen LogP contribution in [0.4, 0.5) is 5.69 Å². The molecule has 0 atom stereocenters. The second-order valence-corrected chi connectivity index (χ2v) is 9.89. The van der Waals surface area contributed by atoms with E-state index < -0.39 is 5.97 Å². The molecule has 1 saturated heterocycles. The van der Waals surface area contributed by atoms with Gasteiger partial charge in [0.15, 0.2) is 6.61 Å². The molecule has 1 aliphatic heterocycles. The molecule has 0 saturated carbocycles. The molecule has 2 aromatic rings. The van der Waals surface area contributed by atoms with Crippen molar-refractivity contribution in [2.45, 2.75) is 20.3 Å². The first-order chi connectivity index (χ1) is 15.6. The number of aryl methyl sites for hydroxylation is 2. The van der Waals surface area contributed by atoms with Crippen LogP contribution in [0.25, 0.3) is 6.08 Å². The molecule has 0 unspecified atom stereocenters. The highest BCUT2D eigenvalue weighted by atomic mass is 79.9. The Morgan fingerprint density at radius 2 is 1.94 bits per heavy atom. The summed E-state index contributed by atoms with van der Waals surface area (Å²) in [5.74, 6) is -1.12. The summed E-state index contributed by atoms with van der Waals surface area (Å²) in [7, 11) is 0. The number of hydrogen-bond donors (Lipinski definition) is 2. The molecule has 1 heterocycles. The van der Waals surface area contributed by atoms with Crippen molar-refractivity contribution in [3.63, 3.8) is 0 Å². The average molecular weight is 549 g/mol. The molecule has 7 nitrogen and oxygen atoms in total. The standard InChI is InChI=1S/C23H21BrN2O5S2/c1-13-8-16(24)9-14(2)21(13)25-19(27)12-31-17-5-3-4-15(10-17)11-18-22(30)26(23(32)33-18)7-6-20(28)29/h3-5,8-11H,6-7,12H2,1-2H3,(H,25,27)(H,28,29)/b18-11-. The van der Waals surface area contributed by atoms with Gasteiger partial charge in [0, 0.05) is 16.7 Å². The van der Waals surface area contributed by atoms with Gasteiger partial charge in [0.2, 0.25) is 0 Å². The number of rotatable bonds is 8. The molecule has 172 valence electrons. The number of carbonyl (C=O) groups is 3. The van der Waals surface area contributed by atoms with E-state index in [0.717, 1.165) is 33.0 Å². The Hall–Kier alpha value is -2.69. The number of nitrogens with one attached hydrogen (secondary N) is 1. The smallest absolute Gasteiger partial charge is 0.305 e. The van der Waals surface area contributed by atoms with Crippen molar-refractivity contribution in [2.24, 2.45) is 0 Å². The van der Waals surface area contributed by atoms with Crippen molar-refractivity contribution in [2.75, 3.05) is 18.5 Å². The van der Waals surface area contributed by atoms with E-state index in [0.29, 0.717) is 20.5 Å². The molecular weight excluding hydrogens is 528 g/mol. The van der Waals surface area contributed by atoms with Crippen molar-refractivity contribution < 1.29 is 24.2 Å². The Kier molecular flexibility index (Phi) is 8.28. The molecule has 2 N–H and O–H groups in total. The zero-order chi connectivity index (χ0) is 24.1. The number of carboxylic acids is 1. The van der Waals surface area contributed by atoms with E-state index in [-0.39, 0.29) is 31.4 Å². The molecule has 3 rings (SSSR count). The van der Waals surface area contributed by atoms with Crippen LogP contribution >= 0.6 is 39.9 Å². The number of carboxylic acid groups (broad SMARTS) is 1. The van der Waals surface area contributed by atoms with Gasteiger partial charge in [0.1, 0.15) is 10.1 Å². The van der Waals surface area contributed by atoms with E-state index in [1.807, 2.05) is 26.0 Å². The quantitative estimate of drug-likeness (QED) is 0.362. The molecule has 2 aromatic carbocycles. The van der Waals surface area contributed by atoms with Crippen molar-refractivity contribution >= 4 is 73.8 Å². The van der Waals surface area contributed by atoms with E-state index in [9.17, 15) is 14.4 Å². The predicted molar refractivity (Wildman–Crippen MR) is 136 cm³/mol. The number of thiocarbonyl (C=S) groups is 1. The van der Waals surface area contributed by atoms with Crippen LogP contribution in [0.1, 0.15) is 23.1 Å². The van der Waals surface area contributed by atoms with Crippen LogP contribution in [0.3, 0.4) is 0 Å². The molecule has 33 heavy (non-hydrogen) atoms. The summed E-state index contributed by atoms with van der Waals surface area (Å²) in [6.45, 7) is 3.70. The van der Waals surface area contributed by atoms with Crippen LogP contribution in [0.2, 0.25) is 0 Å². The summed E-state index contributed by atoms with van der Waals surface area (Å²) < 4.78 is 6.91. The van der Waals surface area contributed by atoms with Gasteiger partial charge in [0.25, 0.3) is 11.8 Å². The van der Waals surface area contributed by atoms with E-state index >= 15 is 0 Å². The topological polar surface area (TPSA) is 95.9 Å². The molecule has 2 amide bonds. The predicted octanol–water partition coefficient (Wildman–Crippen LogP) is 4.76. The molecular formula is C23H21BrN2O5S2. The summed E-state index contributed by atoms with van der Waals surface area (Å²) in [5, 5.41) is 11.7. The fourth-order valence-corrected chi connectivity index (χ4v) is 5.17. The van der Waals surface area contributed by atoms with Crippen molar-refractivity contribution in [3.05, 3.63) is 62.5 Å². The van der Waals surface area contributed by atoms with E-state index in [1.165, 1.54) is 4.90 Å². The van der Waals surface area contributed by atoms with Gasteiger partial charge in [-0.2, -0.15) is 0 Å². The second-order valence-electron chi connectivity index (χ2n) is 7.30. The normalized spacial score (nSPS) is 14.6. The Balaban J connectivity index is 1.63. The second kappa shape index (κ2) is 11.0. The van der Waals surface area contributed by atoms with E-state index in [4.69, 9.17) is 22.1 Å². The number of halogens is 1. The highest BCUT2D eigenvalue weighted by molar-refractivity contribution is 9.10. The van der Waals surface area contributed by atoms with Gasteiger partial charge in [-0.3, -0.25) is 19.3 Å². The SMILES string of the molecule is Cc1cc(Br)cc(C)c1NC(=O)COc1cccc(/C=C2\SC(=S)N(CCC(=O)O)C2=O)c1. The lowest BCUT2D eigenvalue weighted by molar-refractivity contribution is -0.137. The largest absolute Gasteiger partial charge is 0.484 e. The third-order valence-corrected chi connectivity index (χ3v) is 6.55. The number of amides is 2. The summed E-state index contributed by atoms with van der Waals surface area (Å²) in [4.78, 5) is 37.4. The number of carbonyl (C=O) groups excluding carboxylic acids is 2. The number of anilines is 1. The zero-order valence-corrected chi connectivity index (χ0v) is 21.1. The maximum Gasteiger partial charge on any atom is 0.305 e. The number of ether oxygens (including phenoxy) is 1. The molecule has 0 radical (unpaired) electrons. The minimum absolute atomic E-state index is 0.0346. The van der Waals surface area contributed by atoms with Crippen LogP contribution < -0.4 is 10.1 Å². The van der Waals surface area contributed by atoms with Gasteiger partial charge in [-0.1, -0.05) is 52.0 Å². The summed E-state index contributed by atoms with van der Waals surface area (Å²) in [6, 6.07) is 10.8. The van der Waals surface area contributed by atoms with Crippen LogP contribution in [0, 0.1) is 13.8 Å². The maximum atomic E-state index is 12.6. The van der Waals surface area contributed by atoms with Crippen molar-refractivity contribution in [1.29, 1.82) is 0 Å². The zero-order valence-electron chi connectivity index (χ0n) is 17.9. The highest BCUT2D eigenvalue weighted by Crippen LogP contribution is 2.33. The van der Waals surface area contributed by atoms with Crippen molar-refractivity contribution in [1.82, 2.24) is 4.90 Å². The number of nitrogens with zero attached hydrogens (tertiary/aromatic N) is 1. The Labute approximate surface area is 209 Å². The third kappa shape index (κ3) is 6.66. The lowest BCUT2D eigenvalue weighted by atomic mass is 10.1. The number of aliphatic carboxylic acids is 1. The van der Waals surface area contributed by atoms with Crippen LogP contribution in [0.5, 0.6) is 5.75 Å². The van der Waals surface area contributed by atoms with Gasteiger partial charge < -0.3 is 15.2 Å². The third-order valence-electron chi connectivity index (χ3n) is 4.71. The monoisotopic (exact) mass is 548 g/mol. The van der Waals surface area contributed by atoms with E-state index in [1.54, 1.807) is 30.3 Å². The lowest BCUT2D eigenvalue weighted by Crippen LogP contribution is -2.30. The van der Waals surface area contributed by atoms with Gasteiger partial charge in [0.05, 0.1) is 11.3 Å². The highest BCUT2D eigenvalue weighted by Gasteiger charge is 2.32. The lowest BCUT2D eigenvalue weighted by Gasteiger charge is -2.13. The summed E-state index contributed by atoms with van der Waals surface area (Å²) in [5.41, 5.74) is 3.34. The minimum Gasteiger partial charge on any atom is -0.484 e. The minimum atomic E-state index is -0.993. The molecule has 0 bridgehead atoms. The van der Waals surface area contributed by atoms with Gasteiger partial charge in [-0.05, 0) is 60.9 Å². The Morgan fingerprint density at radius 1 is 1.24 bits per heavy atom. The summed E-state index contributed by atoms with van der Waals surface area (Å²) >= 11 is 9.76. The molecule has 0 spiro atoms. The number of hydrogen-bond acceptors (Lipinski definition) is 6. The van der Waals surface area contributed by atoms with Gasteiger partial charge in [-0.25, -0.2) is 0 Å². The molecule has 0 aliphatic carbocycles. The molecule has 1 fully saturated rings. The van der Waals surface area contributed by atoms with E-state index in [2.05, 4.69) is 21.2 Å². The molecule has 10 heteroatoms. The summed E-state index contributed by atoms with van der Waals surface area (Å²) in [6.07, 6.45) is 1.49. The Bertz CT molecular complexity index is 1140. The van der Waals surface area contributed by atoms with Crippen LogP contribution in [0.15, 0.2) is 45.8 Å². The number of benzene rings is 2. The molecule has 1 aliphatic rings. The first-order valence-corrected chi connectivity index (χ1v) is 11.9. The van der Waals surface area contributed by atoms with Crippen LogP contribution in [-0.2, 0) is 14.4 Å². The van der Waals surface area contributed by atoms with Crippen LogP contribution in [-0.4, -0.2) is 45.3 Å². The fraction of sp³-hybridized carbons (Fsp3) is 0.217. The number of thioether (sulfide) groups is 1. The average Bonchev–Trinajstić information content (AvgIpc) is 3.00. The molecule has 0 aromatic heterocycles. The first kappa shape index (κ1) is 24.9. The Morgan fingerprint density at radius 3 is 2.61 bits per heavy atom. The first-order valence-electron chi connectivity index (χ1n) is 9.90. The van der Waals surface area contributed by atoms with Gasteiger partial charge in [-0.15, -0.1) is 0 Å². The maximum absolute atomic E-state index is 12.6. The fourth-order valence-electron chi connectivity index (χ4n) is 3.18. The van der Waals surface area contributed by atoms with Gasteiger partial charge >= 0.3 is 5.97 Å². The van der Waals surface area contributed by atoms with Crippen molar-refractivity contribution in [3.8, 4) is 5.75 Å².